The molecule has 5 rings (SSSR count). The summed E-state index contributed by atoms with van der Waals surface area (Å²) in [5.41, 5.74) is 2.39. The van der Waals surface area contributed by atoms with Crippen molar-refractivity contribution in [2.45, 2.75) is 24.9 Å². The van der Waals surface area contributed by atoms with Crippen molar-refractivity contribution in [1.29, 1.82) is 0 Å². The van der Waals surface area contributed by atoms with Crippen LogP contribution in [0.2, 0.25) is 0 Å². The Morgan fingerprint density at radius 2 is 2.12 bits per heavy atom. The van der Waals surface area contributed by atoms with E-state index in [0.717, 1.165) is 25.6 Å². The van der Waals surface area contributed by atoms with Crippen LogP contribution in [0.1, 0.15) is 34.8 Å². The number of hydrogen-bond donors (Lipinski definition) is 3. The number of H-pyrrole nitrogens is 1. The first kappa shape index (κ1) is 20.4. The molecule has 7 nitrogen and oxygen atoms in total. The molecule has 3 aromatic rings. The second kappa shape index (κ2) is 8.23. The van der Waals surface area contributed by atoms with Gasteiger partial charge in [-0.25, -0.2) is 8.78 Å². The lowest BCUT2D eigenvalue weighted by molar-refractivity contribution is -0.0582. The quantitative estimate of drug-likeness (QED) is 0.537. The minimum atomic E-state index is -0.553. The van der Waals surface area contributed by atoms with Crippen molar-refractivity contribution in [2.24, 2.45) is 0 Å². The third-order valence-electron chi connectivity index (χ3n) is 5.99. The number of hydrogen-bond acceptors (Lipinski definition) is 5. The van der Waals surface area contributed by atoms with Crippen LogP contribution in [-0.4, -0.2) is 42.2 Å². The summed E-state index contributed by atoms with van der Waals surface area (Å²) in [4.78, 5) is 20.1. The standard InChI is InChI=1S/C23H22F2N4O3/c1-31-22-15(24)3-2-4-17(22)28-21-18-19(29-20(21)14-5-7-26-11-16(14)25)12(10-27-23(18)30)9-13-6-8-32-13/h2-5,7,11-13,28-29H,6,8-10H2,1H3,(H,27,30)/t12-,13?/m1/s1. The highest BCUT2D eigenvalue weighted by Crippen LogP contribution is 2.43. The fourth-order valence-corrected chi connectivity index (χ4v) is 4.31. The Hall–Kier alpha value is -3.46. The van der Waals surface area contributed by atoms with Gasteiger partial charge in [0.15, 0.2) is 17.4 Å². The van der Waals surface area contributed by atoms with Gasteiger partial charge in [-0.05, 0) is 31.0 Å². The van der Waals surface area contributed by atoms with Crippen LogP contribution in [0.15, 0.2) is 36.7 Å². The molecule has 2 aliphatic heterocycles. The molecule has 0 radical (unpaired) electrons. The van der Waals surface area contributed by atoms with E-state index >= 15 is 0 Å². The van der Waals surface area contributed by atoms with Crippen LogP contribution in [0.3, 0.4) is 0 Å². The number of para-hydroxylation sites is 1. The molecular weight excluding hydrogens is 418 g/mol. The summed E-state index contributed by atoms with van der Waals surface area (Å²) in [7, 11) is 1.36. The summed E-state index contributed by atoms with van der Waals surface area (Å²) in [6.07, 6.45) is 4.42. The summed E-state index contributed by atoms with van der Waals surface area (Å²) >= 11 is 0. The Balaban J connectivity index is 1.66. The largest absolute Gasteiger partial charge is 0.492 e. The van der Waals surface area contributed by atoms with Gasteiger partial charge in [-0.3, -0.25) is 9.78 Å². The maximum Gasteiger partial charge on any atom is 0.255 e. The number of benzene rings is 1. The van der Waals surface area contributed by atoms with E-state index < -0.39 is 11.6 Å². The van der Waals surface area contributed by atoms with Crippen LogP contribution in [0.4, 0.5) is 20.2 Å². The summed E-state index contributed by atoms with van der Waals surface area (Å²) in [5, 5.41) is 6.05. The number of carbonyl (C=O) groups excluding carboxylic acids is 1. The van der Waals surface area contributed by atoms with Gasteiger partial charge in [-0.2, -0.15) is 0 Å². The fourth-order valence-electron chi connectivity index (χ4n) is 4.31. The van der Waals surface area contributed by atoms with Crippen LogP contribution in [-0.2, 0) is 4.74 Å². The van der Waals surface area contributed by atoms with Gasteiger partial charge in [0.2, 0.25) is 0 Å². The third kappa shape index (κ3) is 3.48. The van der Waals surface area contributed by atoms with Gasteiger partial charge in [0.1, 0.15) is 0 Å². The molecule has 3 N–H and O–H groups in total. The zero-order chi connectivity index (χ0) is 22.2. The van der Waals surface area contributed by atoms with Gasteiger partial charge < -0.3 is 25.1 Å². The molecule has 0 saturated carbocycles. The molecule has 2 aliphatic rings. The zero-order valence-corrected chi connectivity index (χ0v) is 17.4. The lowest BCUT2D eigenvalue weighted by atomic mass is 9.89. The molecule has 1 fully saturated rings. The number of rotatable bonds is 6. The summed E-state index contributed by atoms with van der Waals surface area (Å²) in [6.45, 7) is 1.19. The molecule has 32 heavy (non-hydrogen) atoms. The van der Waals surface area contributed by atoms with E-state index in [1.165, 1.54) is 31.5 Å². The number of amides is 1. The molecule has 1 amide bonds. The van der Waals surface area contributed by atoms with Crippen molar-refractivity contribution in [3.8, 4) is 17.0 Å². The van der Waals surface area contributed by atoms with Gasteiger partial charge in [0, 0.05) is 36.5 Å². The molecule has 166 valence electrons. The van der Waals surface area contributed by atoms with Crippen molar-refractivity contribution in [2.75, 3.05) is 25.6 Å². The monoisotopic (exact) mass is 440 g/mol. The van der Waals surface area contributed by atoms with Gasteiger partial charge in [-0.15, -0.1) is 0 Å². The van der Waals surface area contributed by atoms with Gasteiger partial charge in [0.25, 0.3) is 5.91 Å². The first-order chi connectivity index (χ1) is 15.6. The van der Waals surface area contributed by atoms with E-state index in [-0.39, 0.29) is 29.2 Å². The topological polar surface area (TPSA) is 88.3 Å². The maximum absolute atomic E-state index is 14.7. The Morgan fingerprint density at radius 1 is 1.28 bits per heavy atom. The Labute approximate surface area is 183 Å². The van der Waals surface area contributed by atoms with E-state index in [1.54, 1.807) is 6.07 Å². The van der Waals surface area contributed by atoms with Crippen LogP contribution in [0.25, 0.3) is 11.3 Å². The second-order valence-corrected chi connectivity index (χ2v) is 7.89. The number of ether oxygens (including phenoxy) is 2. The smallest absolute Gasteiger partial charge is 0.255 e. The minimum Gasteiger partial charge on any atom is -0.492 e. The molecule has 9 heteroatoms. The Morgan fingerprint density at radius 3 is 2.84 bits per heavy atom. The van der Waals surface area contributed by atoms with Crippen molar-refractivity contribution in [1.82, 2.24) is 15.3 Å². The number of carbonyl (C=O) groups is 1. The normalized spacial score (nSPS) is 19.7. The van der Waals surface area contributed by atoms with E-state index in [1.807, 2.05) is 0 Å². The second-order valence-electron chi connectivity index (χ2n) is 7.89. The van der Waals surface area contributed by atoms with E-state index in [9.17, 15) is 13.6 Å². The lowest BCUT2D eigenvalue weighted by Crippen LogP contribution is -2.38. The molecule has 1 saturated heterocycles. The van der Waals surface area contributed by atoms with E-state index in [2.05, 4.69) is 20.6 Å². The third-order valence-corrected chi connectivity index (χ3v) is 5.99. The average Bonchev–Trinajstić information content (AvgIpc) is 3.12. The number of nitrogens with one attached hydrogen (secondary N) is 3. The minimum absolute atomic E-state index is 0.000707. The lowest BCUT2D eigenvalue weighted by Gasteiger charge is -2.32. The molecule has 2 aromatic heterocycles. The van der Waals surface area contributed by atoms with Gasteiger partial charge in [-0.1, -0.05) is 6.07 Å². The summed E-state index contributed by atoms with van der Waals surface area (Å²) in [6, 6.07) is 5.97. The molecule has 0 aliphatic carbocycles. The number of aromatic amines is 1. The average molecular weight is 440 g/mol. The molecular formula is C23H22F2N4O3. The van der Waals surface area contributed by atoms with Gasteiger partial charge >= 0.3 is 0 Å². The predicted octanol–water partition coefficient (Wildman–Crippen LogP) is 4.11. The summed E-state index contributed by atoms with van der Waals surface area (Å²) in [5.74, 6) is -1.41. The van der Waals surface area contributed by atoms with Crippen molar-refractivity contribution >= 4 is 17.3 Å². The fraction of sp³-hybridized carbons (Fsp3) is 0.304. The number of pyridine rings is 1. The number of halogens is 2. The molecule has 0 bridgehead atoms. The molecule has 1 aromatic carbocycles. The maximum atomic E-state index is 14.7. The molecule has 4 heterocycles. The van der Waals surface area contributed by atoms with Gasteiger partial charge in [0.05, 0.1) is 42.0 Å². The van der Waals surface area contributed by atoms with Crippen molar-refractivity contribution < 1.29 is 23.0 Å². The number of methoxy groups -OCH3 is 1. The van der Waals surface area contributed by atoms with Crippen LogP contribution in [0.5, 0.6) is 5.75 Å². The van der Waals surface area contributed by atoms with E-state index in [4.69, 9.17) is 9.47 Å². The Bertz CT molecular complexity index is 1180. The van der Waals surface area contributed by atoms with Crippen molar-refractivity contribution in [3.63, 3.8) is 0 Å². The van der Waals surface area contributed by atoms with Crippen LogP contribution < -0.4 is 15.4 Å². The molecule has 2 atom stereocenters. The Kier molecular flexibility index (Phi) is 5.26. The molecule has 0 spiro atoms. The first-order valence-electron chi connectivity index (χ1n) is 10.4. The SMILES string of the molecule is COc1c(F)cccc1Nc1c(-c2ccncc2F)[nH]c2c1C(=O)NC[C@H]2CC1CCO1. The zero-order valence-electron chi connectivity index (χ0n) is 17.4. The number of aromatic nitrogens is 2. The summed E-state index contributed by atoms with van der Waals surface area (Å²) < 4.78 is 39.8. The van der Waals surface area contributed by atoms with Crippen LogP contribution in [0, 0.1) is 11.6 Å². The number of fused-ring (bicyclic) bond motifs is 1. The highest BCUT2D eigenvalue weighted by molar-refractivity contribution is 6.06. The van der Waals surface area contributed by atoms with E-state index in [0.29, 0.717) is 34.9 Å². The predicted molar refractivity (Wildman–Crippen MR) is 114 cm³/mol. The number of anilines is 2. The van der Waals surface area contributed by atoms with Crippen molar-refractivity contribution in [3.05, 3.63) is 59.6 Å². The highest BCUT2D eigenvalue weighted by atomic mass is 19.1. The number of nitrogens with zero attached hydrogens (tertiary/aromatic N) is 1. The molecule has 1 unspecified atom stereocenters. The highest BCUT2D eigenvalue weighted by Gasteiger charge is 2.36. The first-order valence-corrected chi connectivity index (χ1v) is 10.4. The van der Waals surface area contributed by atoms with Crippen LogP contribution >= 0.6 is 0 Å².